The molecule has 0 amide bonds. The predicted octanol–water partition coefficient (Wildman–Crippen LogP) is -0.0888. The number of aliphatic hydroxyl groups excluding tert-OH is 1. The number of aromatic nitrogens is 3. The monoisotopic (exact) mass is 217 g/mol. The van der Waals surface area contributed by atoms with Crippen LogP contribution in [0.4, 0.5) is 11.9 Å². The van der Waals surface area contributed by atoms with Crippen LogP contribution in [-0.4, -0.2) is 44.4 Å². The van der Waals surface area contributed by atoms with Crippen molar-refractivity contribution in [1.29, 1.82) is 0 Å². The van der Waals surface area contributed by atoms with Crippen LogP contribution < -0.4 is 11.1 Å². The fraction of sp³-hybridized carbons (Fsp3) is 0.714. The maximum absolute atomic E-state index is 9.05. The number of nitrogens with one attached hydrogen (secondary N) is 2. The molecule has 7 heteroatoms. The number of hydrogen-bond acceptors (Lipinski definition) is 6. The summed E-state index contributed by atoms with van der Waals surface area (Å²) in [4.78, 5) is 3.91. The van der Waals surface area contributed by atoms with E-state index in [-0.39, 0.29) is 23.8 Å². The van der Waals surface area contributed by atoms with Crippen LogP contribution in [0.3, 0.4) is 0 Å². The first-order valence-corrected chi connectivity index (χ1v) is 5.54. The Morgan fingerprint density at radius 3 is 2.86 bits per heavy atom. The number of rotatable bonds is 5. The molecule has 0 saturated heterocycles. The molecule has 2 unspecified atom stereocenters. The summed E-state index contributed by atoms with van der Waals surface area (Å²) >= 11 is 1.59. The Morgan fingerprint density at radius 1 is 1.71 bits per heavy atom. The molecular formula is C7H15N5OS. The van der Waals surface area contributed by atoms with Crippen LogP contribution in [0.25, 0.3) is 0 Å². The second kappa shape index (κ2) is 5.06. The number of thioether (sulfide) groups is 1. The van der Waals surface area contributed by atoms with E-state index in [0.717, 1.165) is 0 Å². The molecule has 0 radical (unpaired) electrons. The predicted molar refractivity (Wildman–Crippen MR) is 58.3 cm³/mol. The summed E-state index contributed by atoms with van der Waals surface area (Å²) in [6.45, 7) is 2.08. The molecule has 0 fully saturated rings. The molecule has 0 aromatic carbocycles. The highest BCUT2D eigenvalue weighted by molar-refractivity contribution is 7.99. The highest BCUT2D eigenvalue weighted by Crippen LogP contribution is 2.13. The molecule has 6 nitrogen and oxygen atoms in total. The Hall–Kier alpha value is -0.950. The van der Waals surface area contributed by atoms with E-state index in [1.807, 2.05) is 13.2 Å². The van der Waals surface area contributed by atoms with Crippen LogP contribution >= 0.6 is 11.8 Å². The van der Waals surface area contributed by atoms with Crippen LogP contribution in [0, 0.1) is 0 Å². The molecule has 1 heterocycles. The third-order valence-electron chi connectivity index (χ3n) is 1.90. The van der Waals surface area contributed by atoms with Gasteiger partial charge in [0.15, 0.2) is 0 Å². The zero-order valence-corrected chi connectivity index (χ0v) is 9.01. The van der Waals surface area contributed by atoms with Gasteiger partial charge in [0.25, 0.3) is 0 Å². The van der Waals surface area contributed by atoms with E-state index in [0.29, 0.717) is 5.95 Å². The molecule has 1 aromatic rings. The van der Waals surface area contributed by atoms with Gasteiger partial charge in [-0.3, -0.25) is 0 Å². The maximum Gasteiger partial charge on any atom is 0.243 e. The van der Waals surface area contributed by atoms with Crippen molar-refractivity contribution >= 4 is 23.7 Å². The molecule has 0 aliphatic carbocycles. The van der Waals surface area contributed by atoms with Crippen LogP contribution in [0.5, 0.6) is 0 Å². The highest BCUT2D eigenvalue weighted by atomic mass is 32.2. The number of nitrogen functional groups attached to an aromatic ring is 1. The average molecular weight is 217 g/mol. The van der Waals surface area contributed by atoms with Crippen LogP contribution in [0.1, 0.15) is 6.92 Å². The molecular weight excluding hydrogens is 202 g/mol. The smallest absolute Gasteiger partial charge is 0.243 e. The Bertz CT molecular complexity index is 275. The number of aromatic amines is 1. The molecule has 0 aliphatic rings. The molecule has 1 aromatic heterocycles. The van der Waals surface area contributed by atoms with Gasteiger partial charge in [0, 0.05) is 11.3 Å². The number of H-pyrrole nitrogens is 1. The molecule has 0 aliphatic heterocycles. The Kier molecular flexibility index (Phi) is 4.02. The fourth-order valence-corrected chi connectivity index (χ4v) is 1.70. The van der Waals surface area contributed by atoms with Crippen molar-refractivity contribution in [2.75, 3.05) is 23.9 Å². The number of hydrogen-bond donors (Lipinski definition) is 4. The van der Waals surface area contributed by atoms with Gasteiger partial charge in [-0.15, -0.1) is 5.10 Å². The Labute approximate surface area is 86.7 Å². The second-order valence-electron chi connectivity index (χ2n) is 2.93. The third kappa shape index (κ3) is 2.78. The van der Waals surface area contributed by atoms with Gasteiger partial charge in [-0.2, -0.15) is 16.7 Å². The van der Waals surface area contributed by atoms with E-state index in [1.165, 1.54) is 0 Å². The summed E-state index contributed by atoms with van der Waals surface area (Å²) in [7, 11) is 0. The lowest BCUT2D eigenvalue weighted by molar-refractivity contribution is 0.288. The van der Waals surface area contributed by atoms with Gasteiger partial charge in [-0.25, -0.2) is 5.10 Å². The van der Waals surface area contributed by atoms with Crippen molar-refractivity contribution in [2.24, 2.45) is 0 Å². The molecule has 0 spiro atoms. The molecule has 14 heavy (non-hydrogen) atoms. The van der Waals surface area contributed by atoms with Crippen molar-refractivity contribution in [3.8, 4) is 0 Å². The maximum atomic E-state index is 9.05. The molecule has 0 saturated carbocycles. The first kappa shape index (κ1) is 11.1. The summed E-state index contributed by atoms with van der Waals surface area (Å²) in [6.07, 6.45) is 1.95. The van der Waals surface area contributed by atoms with Gasteiger partial charge in [-0.1, -0.05) is 0 Å². The van der Waals surface area contributed by atoms with Crippen molar-refractivity contribution in [1.82, 2.24) is 15.2 Å². The van der Waals surface area contributed by atoms with E-state index in [4.69, 9.17) is 10.8 Å². The minimum Gasteiger partial charge on any atom is -0.395 e. The zero-order chi connectivity index (χ0) is 10.6. The molecule has 5 N–H and O–H groups in total. The Balaban J connectivity index is 2.51. The lowest BCUT2D eigenvalue weighted by Gasteiger charge is -2.20. The molecule has 80 valence electrons. The van der Waals surface area contributed by atoms with Crippen LogP contribution in [0.15, 0.2) is 0 Å². The molecule has 0 bridgehead atoms. The topological polar surface area (TPSA) is 99.8 Å². The van der Waals surface area contributed by atoms with Gasteiger partial charge >= 0.3 is 0 Å². The van der Waals surface area contributed by atoms with Gasteiger partial charge in [0.05, 0.1) is 6.61 Å². The van der Waals surface area contributed by atoms with Gasteiger partial charge in [0.2, 0.25) is 11.9 Å². The quantitative estimate of drug-likeness (QED) is 0.550. The summed E-state index contributed by atoms with van der Waals surface area (Å²) in [5.74, 6) is 0.743. The minimum atomic E-state index is 0.0881. The highest BCUT2D eigenvalue weighted by Gasteiger charge is 2.16. The number of nitrogens with two attached hydrogens (primary N) is 1. The summed E-state index contributed by atoms with van der Waals surface area (Å²) in [6, 6.07) is 0.0881. The van der Waals surface area contributed by atoms with Crippen molar-refractivity contribution in [3.05, 3.63) is 0 Å². The number of anilines is 2. The largest absolute Gasteiger partial charge is 0.395 e. The van der Waals surface area contributed by atoms with E-state index in [9.17, 15) is 0 Å². The second-order valence-corrected chi connectivity index (χ2v) is 4.01. The first-order valence-electron chi connectivity index (χ1n) is 4.25. The third-order valence-corrected chi connectivity index (χ3v) is 3.06. The van der Waals surface area contributed by atoms with Crippen LogP contribution in [-0.2, 0) is 0 Å². The van der Waals surface area contributed by atoms with Gasteiger partial charge in [0.1, 0.15) is 0 Å². The summed E-state index contributed by atoms with van der Waals surface area (Å²) < 4.78 is 0. The number of aliphatic hydroxyl groups is 1. The van der Waals surface area contributed by atoms with E-state index < -0.39 is 0 Å². The molecule has 1 rings (SSSR count). The zero-order valence-electron chi connectivity index (χ0n) is 8.19. The molecule has 2 atom stereocenters. The lowest BCUT2D eigenvalue weighted by Crippen LogP contribution is -2.31. The van der Waals surface area contributed by atoms with E-state index >= 15 is 0 Å². The first-order chi connectivity index (χ1) is 6.67. The van der Waals surface area contributed by atoms with E-state index in [2.05, 4.69) is 20.5 Å². The minimum absolute atomic E-state index is 0.0881. The van der Waals surface area contributed by atoms with E-state index in [1.54, 1.807) is 11.8 Å². The summed E-state index contributed by atoms with van der Waals surface area (Å²) in [5, 5.41) is 18.6. The van der Waals surface area contributed by atoms with Crippen molar-refractivity contribution in [2.45, 2.75) is 18.2 Å². The summed E-state index contributed by atoms with van der Waals surface area (Å²) in [5.41, 5.74) is 5.37. The van der Waals surface area contributed by atoms with Gasteiger partial charge in [-0.05, 0) is 13.2 Å². The average Bonchev–Trinajstić information content (AvgIpc) is 2.53. The van der Waals surface area contributed by atoms with Crippen LogP contribution in [0.2, 0.25) is 0 Å². The van der Waals surface area contributed by atoms with Crippen molar-refractivity contribution < 1.29 is 5.11 Å². The Morgan fingerprint density at radius 2 is 2.43 bits per heavy atom. The number of nitrogens with zero attached hydrogens (tertiary/aromatic N) is 2. The fourth-order valence-electron chi connectivity index (χ4n) is 1.07. The van der Waals surface area contributed by atoms with Gasteiger partial charge < -0.3 is 16.2 Å². The lowest BCUT2D eigenvalue weighted by atomic mass is 10.2. The normalized spacial score (nSPS) is 15.1. The standard InChI is InChI=1S/C7H15N5OS/c1-4(5(3-13)14-2)9-7-10-6(8)11-12-7/h4-5,13H,3H2,1-2H3,(H4,8,9,10,11,12). The van der Waals surface area contributed by atoms with Crippen molar-refractivity contribution in [3.63, 3.8) is 0 Å². The SMILES string of the molecule is CSC(CO)C(C)Nc1n[nH]c(N)n1.